The van der Waals surface area contributed by atoms with Gasteiger partial charge in [-0.05, 0) is 17.5 Å². The smallest absolute Gasteiger partial charge is 0.295 e. The van der Waals surface area contributed by atoms with E-state index in [1.165, 1.54) is 47.8 Å². The van der Waals surface area contributed by atoms with E-state index in [0.29, 0.717) is 11.3 Å². The number of carbonyl (C=O) groups excluding carboxylic acids is 1. The van der Waals surface area contributed by atoms with Crippen LogP contribution < -0.4 is 4.90 Å². The van der Waals surface area contributed by atoms with Crippen LogP contribution in [-0.4, -0.2) is 22.9 Å². The van der Waals surface area contributed by atoms with Crippen LogP contribution in [0.4, 0.5) is 14.6 Å². The zero-order chi connectivity index (χ0) is 16.6. The molecule has 0 aliphatic heterocycles. The number of amides is 1. The minimum atomic E-state index is -3.13. The van der Waals surface area contributed by atoms with Gasteiger partial charge in [0.05, 0.1) is 10.2 Å². The highest BCUT2D eigenvalue weighted by Crippen LogP contribution is 2.38. The zero-order valence-corrected chi connectivity index (χ0v) is 14.8. The predicted molar refractivity (Wildman–Crippen MR) is 94.5 cm³/mol. The van der Waals surface area contributed by atoms with Crippen LogP contribution in [0.1, 0.15) is 15.9 Å². The quantitative estimate of drug-likeness (QED) is 0.442. The first kappa shape index (κ1) is 16.2. The van der Waals surface area contributed by atoms with E-state index in [9.17, 15) is 13.6 Å². The SMILES string of the molecule is CN(C(=O)c1ccccc1C(F)(F)I)c1ncnc2ccsc12. The maximum atomic E-state index is 13.7. The van der Waals surface area contributed by atoms with E-state index in [-0.39, 0.29) is 11.1 Å². The van der Waals surface area contributed by atoms with Gasteiger partial charge in [0, 0.05) is 40.8 Å². The Hall–Kier alpha value is -1.68. The Kier molecular flexibility index (Phi) is 4.28. The van der Waals surface area contributed by atoms with Crippen molar-refractivity contribution in [1.82, 2.24) is 9.97 Å². The zero-order valence-electron chi connectivity index (χ0n) is 11.8. The van der Waals surface area contributed by atoms with Gasteiger partial charge in [0.2, 0.25) is 0 Å². The van der Waals surface area contributed by atoms with Crippen LogP contribution in [0.5, 0.6) is 0 Å². The number of rotatable bonds is 3. The largest absolute Gasteiger partial charge is 0.322 e. The Morgan fingerprint density at radius 2 is 2.00 bits per heavy atom. The van der Waals surface area contributed by atoms with E-state index in [1.54, 1.807) is 6.07 Å². The van der Waals surface area contributed by atoms with Crippen molar-refractivity contribution >= 4 is 55.9 Å². The molecule has 3 rings (SSSR count). The molecule has 0 atom stereocenters. The third-order valence-corrected chi connectivity index (χ3v) is 4.79. The summed E-state index contributed by atoms with van der Waals surface area (Å²) in [6, 6.07) is 7.52. The first-order chi connectivity index (χ1) is 10.9. The Labute approximate surface area is 148 Å². The molecule has 0 bridgehead atoms. The molecule has 0 aliphatic carbocycles. The summed E-state index contributed by atoms with van der Waals surface area (Å²) in [6.45, 7) is 0. The molecule has 0 spiro atoms. The molecule has 118 valence electrons. The van der Waals surface area contributed by atoms with Crippen LogP contribution in [0, 0.1) is 0 Å². The summed E-state index contributed by atoms with van der Waals surface area (Å²) in [5.74, 6) is -0.132. The second-order valence-corrected chi connectivity index (χ2v) is 7.01. The van der Waals surface area contributed by atoms with E-state index in [4.69, 9.17) is 0 Å². The fourth-order valence-corrected chi connectivity index (χ4v) is 3.55. The van der Waals surface area contributed by atoms with E-state index in [1.807, 2.05) is 11.4 Å². The number of alkyl halides is 3. The molecule has 8 heteroatoms. The Morgan fingerprint density at radius 3 is 2.74 bits per heavy atom. The van der Waals surface area contributed by atoms with Crippen molar-refractivity contribution in [3.63, 3.8) is 0 Å². The molecule has 0 saturated heterocycles. The predicted octanol–water partition coefficient (Wildman–Crippen LogP) is 4.45. The summed E-state index contributed by atoms with van der Waals surface area (Å²) < 4.78 is 25.1. The number of benzene rings is 1. The van der Waals surface area contributed by atoms with Gasteiger partial charge in [-0.25, -0.2) is 9.97 Å². The number of hydrogen-bond donors (Lipinski definition) is 0. The third-order valence-electron chi connectivity index (χ3n) is 3.31. The van der Waals surface area contributed by atoms with Crippen molar-refractivity contribution in [2.45, 2.75) is 3.93 Å². The van der Waals surface area contributed by atoms with Gasteiger partial charge < -0.3 is 0 Å². The van der Waals surface area contributed by atoms with Crippen molar-refractivity contribution in [2.75, 3.05) is 11.9 Å². The van der Waals surface area contributed by atoms with Crippen LogP contribution in [-0.2, 0) is 3.93 Å². The number of halogens is 3. The monoisotopic (exact) mass is 445 g/mol. The Bertz CT molecular complexity index is 878. The molecule has 2 heterocycles. The van der Waals surface area contributed by atoms with Crippen LogP contribution >= 0.6 is 33.9 Å². The number of nitrogens with zero attached hydrogens (tertiary/aromatic N) is 3. The maximum absolute atomic E-state index is 13.7. The lowest BCUT2D eigenvalue weighted by molar-refractivity contribution is 0.0967. The average Bonchev–Trinajstić information content (AvgIpc) is 3.01. The first-order valence-electron chi connectivity index (χ1n) is 6.52. The lowest BCUT2D eigenvalue weighted by atomic mass is 10.1. The highest BCUT2D eigenvalue weighted by Gasteiger charge is 2.33. The molecule has 4 nitrogen and oxygen atoms in total. The van der Waals surface area contributed by atoms with Crippen molar-refractivity contribution in [2.24, 2.45) is 0 Å². The van der Waals surface area contributed by atoms with Gasteiger partial charge in [0.25, 0.3) is 5.91 Å². The summed E-state index contributed by atoms with van der Waals surface area (Å²) in [5, 5.41) is 1.84. The van der Waals surface area contributed by atoms with Crippen molar-refractivity contribution < 1.29 is 13.6 Å². The maximum Gasteiger partial charge on any atom is 0.322 e. The summed E-state index contributed by atoms with van der Waals surface area (Å²) in [7, 11) is 1.52. The molecule has 1 amide bonds. The lowest BCUT2D eigenvalue weighted by Crippen LogP contribution is -2.29. The average molecular weight is 445 g/mol. The Morgan fingerprint density at radius 1 is 1.26 bits per heavy atom. The van der Waals surface area contributed by atoms with Gasteiger partial charge in [0.1, 0.15) is 6.33 Å². The molecule has 0 N–H and O–H groups in total. The normalized spacial score (nSPS) is 11.7. The number of aromatic nitrogens is 2. The number of anilines is 1. The highest BCUT2D eigenvalue weighted by molar-refractivity contribution is 14.1. The molecule has 0 fully saturated rings. The molecule has 0 unspecified atom stereocenters. The van der Waals surface area contributed by atoms with Gasteiger partial charge in [-0.2, -0.15) is 8.78 Å². The standard InChI is InChI=1S/C15H10F2IN3OS/c1-21(13-12-11(6-7-23-12)19-8-20-13)14(22)9-4-2-3-5-10(9)15(16,17)18/h2-8H,1H3. The number of hydrogen-bond acceptors (Lipinski definition) is 4. The summed E-state index contributed by atoms with van der Waals surface area (Å²) >= 11 is 2.42. The van der Waals surface area contributed by atoms with Crippen molar-refractivity contribution in [3.8, 4) is 0 Å². The first-order valence-corrected chi connectivity index (χ1v) is 8.48. The van der Waals surface area contributed by atoms with Gasteiger partial charge in [-0.3, -0.25) is 9.69 Å². The van der Waals surface area contributed by atoms with E-state index in [2.05, 4.69) is 9.97 Å². The van der Waals surface area contributed by atoms with Crippen LogP contribution in [0.2, 0.25) is 0 Å². The third kappa shape index (κ3) is 3.05. The van der Waals surface area contributed by atoms with Crippen LogP contribution in [0.25, 0.3) is 10.2 Å². The van der Waals surface area contributed by atoms with Crippen LogP contribution in [0.15, 0.2) is 42.0 Å². The van der Waals surface area contributed by atoms with Crippen molar-refractivity contribution in [1.29, 1.82) is 0 Å². The molecule has 1 aromatic carbocycles. The summed E-state index contributed by atoms with van der Waals surface area (Å²) in [6.07, 6.45) is 1.35. The molecule has 23 heavy (non-hydrogen) atoms. The fourth-order valence-electron chi connectivity index (χ4n) is 2.21. The summed E-state index contributed by atoms with van der Waals surface area (Å²) in [5.41, 5.74) is 0.360. The molecule has 0 radical (unpaired) electrons. The second kappa shape index (κ2) is 6.08. The van der Waals surface area contributed by atoms with Gasteiger partial charge in [-0.1, -0.05) is 18.2 Å². The number of fused-ring (bicyclic) bond motifs is 1. The van der Waals surface area contributed by atoms with Gasteiger partial charge in [0.15, 0.2) is 5.82 Å². The lowest BCUT2D eigenvalue weighted by Gasteiger charge is -2.20. The van der Waals surface area contributed by atoms with Crippen molar-refractivity contribution in [3.05, 3.63) is 53.2 Å². The molecular formula is C15H10F2IN3OS. The summed E-state index contributed by atoms with van der Waals surface area (Å²) in [4.78, 5) is 22.2. The van der Waals surface area contributed by atoms with Crippen LogP contribution in [0.3, 0.4) is 0 Å². The number of carbonyl (C=O) groups is 1. The molecule has 2 aromatic heterocycles. The topological polar surface area (TPSA) is 46.1 Å². The minimum absolute atomic E-state index is 0.0438. The van der Waals surface area contributed by atoms with E-state index < -0.39 is 9.84 Å². The highest BCUT2D eigenvalue weighted by atomic mass is 127. The second-order valence-electron chi connectivity index (χ2n) is 4.74. The fraction of sp³-hybridized carbons (Fsp3) is 0.133. The molecule has 3 aromatic rings. The number of thiophene rings is 1. The van der Waals surface area contributed by atoms with Gasteiger partial charge >= 0.3 is 3.93 Å². The molecule has 0 saturated carbocycles. The van der Waals surface area contributed by atoms with E-state index >= 15 is 0 Å². The molecule has 0 aliphatic rings. The van der Waals surface area contributed by atoms with E-state index in [0.717, 1.165) is 27.3 Å². The molecular weight excluding hydrogens is 435 g/mol. The Balaban J connectivity index is 2.06. The van der Waals surface area contributed by atoms with Gasteiger partial charge in [-0.15, -0.1) is 11.3 Å². The minimum Gasteiger partial charge on any atom is -0.295 e.